The summed E-state index contributed by atoms with van der Waals surface area (Å²) in [6.45, 7) is 3.26. The Kier molecular flexibility index (Phi) is 4.74. The number of hydrogen-bond donors (Lipinski definition) is 1. The molecule has 0 amide bonds. The first-order chi connectivity index (χ1) is 9.70. The van der Waals surface area contributed by atoms with Gasteiger partial charge in [0.25, 0.3) is 0 Å². The molecule has 0 saturated heterocycles. The van der Waals surface area contributed by atoms with Crippen molar-refractivity contribution < 1.29 is 0 Å². The Balaban J connectivity index is 1.71. The maximum atomic E-state index is 6.39. The minimum atomic E-state index is 0.603. The molecule has 1 aromatic rings. The molecule has 3 rings (SSSR count). The standard InChI is InChI=1S/C17H23BrClN/c1-2-20-16(17-13-5-3-4-6-14(13)17)9-11-7-8-12(18)10-15(11)19/h7-8,10,13-14,16-17,20H,2-6,9H2,1H3. The van der Waals surface area contributed by atoms with Gasteiger partial charge in [-0.2, -0.15) is 0 Å². The molecule has 2 aliphatic rings. The zero-order valence-corrected chi connectivity index (χ0v) is 14.4. The van der Waals surface area contributed by atoms with E-state index in [-0.39, 0.29) is 0 Å². The van der Waals surface area contributed by atoms with Crippen molar-refractivity contribution in [3.63, 3.8) is 0 Å². The minimum Gasteiger partial charge on any atom is -0.314 e. The molecule has 1 aromatic carbocycles. The van der Waals surface area contributed by atoms with Gasteiger partial charge in [0.2, 0.25) is 0 Å². The van der Waals surface area contributed by atoms with Crippen molar-refractivity contribution in [3.8, 4) is 0 Å². The van der Waals surface area contributed by atoms with E-state index < -0.39 is 0 Å². The van der Waals surface area contributed by atoms with Crippen LogP contribution in [0.2, 0.25) is 5.02 Å². The van der Waals surface area contributed by atoms with Crippen LogP contribution in [0.25, 0.3) is 0 Å². The third kappa shape index (κ3) is 3.08. The van der Waals surface area contributed by atoms with Gasteiger partial charge in [-0.05, 0) is 61.3 Å². The summed E-state index contributed by atoms with van der Waals surface area (Å²) in [5, 5.41) is 4.62. The van der Waals surface area contributed by atoms with E-state index in [4.69, 9.17) is 11.6 Å². The number of nitrogens with one attached hydrogen (secondary N) is 1. The minimum absolute atomic E-state index is 0.603. The summed E-state index contributed by atoms with van der Waals surface area (Å²) >= 11 is 9.88. The van der Waals surface area contributed by atoms with Gasteiger partial charge in [-0.15, -0.1) is 0 Å². The molecule has 0 aromatic heterocycles. The average Bonchev–Trinajstić information content (AvgIpc) is 3.15. The summed E-state index contributed by atoms with van der Waals surface area (Å²) in [7, 11) is 0. The van der Waals surface area contributed by atoms with E-state index in [2.05, 4.69) is 40.3 Å². The molecule has 3 heteroatoms. The molecule has 0 spiro atoms. The van der Waals surface area contributed by atoms with Gasteiger partial charge in [-0.3, -0.25) is 0 Å². The summed E-state index contributed by atoms with van der Waals surface area (Å²) in [5.74, 6) is 2.86. The Morgan fingerprint density at radius 3 is 2.60 bits per heavy atom. The van der Waals surface area contributed by atoms with Crippen LogP contribution in [0.15, 0.2) is 22.7 Å². The summed E-state index contributed by atoms with van der Waals surface area (Å²) < 4.78 is 1.06. The van der Waals surface area contributed by atoms with E-state index in [0.29, 0.717) is 6.04 Å². The third-order valence-corrected chi connectivity index (χ3v) is 5.95. The second-order valence-corrected chi connectivity index (χ2v) is 7.62. The Labute approximate surface area is 135 Å². The van der Waals surface area contributed by atoms with Gasteiger partial charge in [-0.25, -0.2) is 0 Å². The lowest BCUT2D eigenvalue weighted by Gasteiger charge is -2.19. The van der Waals surface area contributed by atoms with E-state index in [0.717, 1.165) is 40.2 Å². The number of hydrogen-bond acceptors (Lipinski definition) is 1. The quantitative estimate of drug-likeness (QED) is 0.777. The second kappa shape index (κ2) is 6.37. The van der Waals surface area contributed by atoms with Crippen molar-refractivity contribution in [1.82, 2.24) is 5.32 Å². The lowest BCUT2D eigenvalue weighted by Crippen LogP contribution is -2.34. The van der Waals surface area contributed by atoms with Gasteiger partial charge in [0.15, 0.2) is 0 Å². The fourth-order valence-corrected chi connectivity index (χ4v) is 4.93. The molecule has 20 heavy (non-hydrogen) atoms. The van der Waals surface area contributed by atoms with Crippen molar-refractivity contribution in [1.29, 1.82) is 0 Å². The van der Waals surface area contributed by atoms with Crippen molar-refractivity contribution in [2.45, 2.75) is 45.1 Å². The van der Waals surface area contributed by atoms with Gasteiger partial charge in [0.05, 0.1) is 0 Å². The highest BCUT2D eigenvalue weighted by molar-refractivity contribution is 9.10. The molecule has 2 saturated carbocycles. The zero-order valence-electron chi connectivity index (χ0n) is 12.0. The molecular weight excluding hydrogens is 334 g/mol. The molecule has 0 heterocycles. The van der Waals surface area contributed by atoms with Crippen LogP contribution >= 0.6 is 27.5 Å². The van der Waals surface area contributed by atoms with Crippen molar-refractivity contribution >= 4 is 27.5 Å². The Hall–Kier alpha value is -0.0500. The lowest BCUT2D eigenvalue weighted by molar-refractivity contribution is 0.437. The second-order valence-electron chi connectivity index (χ2n) is 6.29. The largest absolute Gasteiger partial charge is 0.314 e. The molecule has 2 fully saturated rings. The molecule has 1 N–H and O–H groups in total. The highest BCUT2D eigenvalue weighted by Crippen LogP contribution is 2.57. The van der Waals surface area contributed by atoms with Crippen molar-refractivity contribution in [3.05, 3.63) is 33.3 Å². The van der Waals surface area contributed by atoms with Gasteiger partial charge in [0.1, 0.15) is 0 Å². The fourth-order valence-electron chi connectivity index (χ4n) is 4.18. The molecule has 0 radical (unpaired) electrons. The number of rotatable bonds is 5. The SMILES string of the molecule is CCNC(Cc1ccc(Br)cc1Cl)C1C2CCCCC21. The van der Waals surface area contributed by atoms with Crippen LogP contribution < -0.4 is 5.32 Å². The first kappa shape index (κ1) is 14.9. The van der Waals surface area contributed by atoms with Gasteiger partial charge >= 0.3 is 0 Å². The summed E-state index contributed by atoms with van der Waals surface area (Å²) in [6, 6.07) is 6.89. The van der Waals surface area contributed by atoms with E-state index in [1.165, 1.54) is 31.2 Å². The summed E-state index contributed by atoms with van der Waals surface area (Å²) in [6.07, 6.45) is 6.85. The van der Waals surface area contributed by atoms with Crippen LogP contribution in [0.1, 0.15) is 38.2 Å². The van der Waals surface area contributed by atoms with Crippen LogP contribution in [0.3, 0.4) is 0 Å². The Bertz CT molecular complexity index is 464. The van der Waals surface area contributed by atoms with Crippen LogP contribution in [0, 0.1) is 17.8 Å². The summed E-state index contributed by atoms with van der Waals surface area (Å²) in [5.41, 5.74) is 1.28. The maximum Gasteiger partial charge on any atom is 0.0449 e. The number of fused-ring (bicyclic) bond motifs is 1. The number of likely N-dealkylation sites (N-methyl/N-ethyl adjacent to an activating group) is 1. The highest BCUT2D eigenvalue weighted by Gasteiger charge is 2.53. The number of benzene rings is 1. The van der Waals surface area contributed by atoms with Crippen LogP contribution in [-0.2, 0) is 6.42 Å². The normalized spacial score (nSPS) is 29.9. The first-order valence-corrected chi connectivity index (χ1v) is 9.05. The topological polar surface area (TPSA) is 12.0 Å². The zero-order chi connectivity index (χ0) is 14.1. The molecule has 0 aliphatic heterocycles. The van der Waals surface area contributed by atoms with E-state index >= 15 is 0 Å². The van der Waals surface area contributed by atoms with E-state index in [9.17, 15) is 0 Å². The molecule has 110 valence electrons. The molecule has 2 aliphatic carbocycles. The highest BCUT2D eigenvalue weighted by atomic mass is 79.9. The Morgan fingerprint density at radius 1 is 1.30 bits per heavy atom. The van der Waals surface area contributed by atoms with Crippen molar-refractivity contribution in [2.75, 3.05) is 6.54 Å². The summed E-state index contributed by atoms with van der Waals surface area (Å²) in [4.78, 5) is 0. The Morgan fingerprint density at radius 2 is 2.00 bits per heavy atom. The predicted octanol–water partition coefficient (Wildman–Crippen LogP) is 5.06. The smallest absolute Gasteiger partial charge is 0.0449 e. The molecule has 0 bridgehead atoms. The maximum absolute atomic E-state index is 6.39. The third-order valence-electron chi connectivity index (χ3n) is 5.11. The van der Waals surface area contributed by atoms with Gasteiger partial charge in [0, 0.05) is 15.5 Å². The van der Waals surface area contributed by atoms with Crippen LogP contribution in [-0.4, -0.2) is 12.6 Å². The number of halogens is 2. The average molecular weight is 357 g/mol. The van der Waals surface area contributed by atoms with Crippen LogP contribution in [0.4, 0.5) is 0 Å². The first-order valence-electron chi connectivity index (χ1n) is 7.88. The van der Waals surface area contributed by atoms with Gasteiger partial charge < -0.3 is 5.32 Å². The van der Waals surface area contributed by atoms with E-state index in [1.807, 2.05) is 6.07 Å². The molecule has 3 atom stereocenters. The predicted molar refractivity (Wildman–Crippen MR) is 89.3 cm³/mol. The fraction of sp³-hybridized carbons (Fsp3) is 0.647. The molecular formula is C17H23BrClN. The van der Waals surface area contributed by atoms with Crippen LogP contribution in [0.5, 0.6) is 0 Å². The molecule has 3 unspecified atom stereocenters. The van der Waals surface area contributed by atoms with E-state index in [1.54, 1.807) is 0 Å². The monoisotopic (exact) mass is 355 g/mol. The van der Waals surface area contributed by atoms with Gasteiger partial charge in [-0.1, -0.05) is 53.4 Å². The molecule has 1 nitrogen and oxygen atoms in total. The lowest BCUT2D eigenvalue weighted by atomic mass is 9.99. The van der Waals surface area contributed by atoms with Crippen molar-refractivity contribution in [2.24, 2.45) is 17.8 Å².